The molecule has 0 aliphatic rings. The van der Waals surface area contributed by atoms with Gasteiger partial charge in [-0.05, 0) is 29.4 Å². The summed E-state index contributed by atoms with van der Waals surface area (Å²) in [6.07, 6.45) is 0. The third-order valence-electron chi connectivity index (χ3n) is 1.39. The smallest absolute Gasteiger partial charge is 0.423 e. The zero-order chi connectivity index (χ0) is 10.8. The molecule has 0 unspecified atom stereocenters. The maximum Gasteiger partial charge on any atom is 0.488 e. The van der Waals surface area contributed by atoms with Gasteiger partial charge in [-0.25, -0.2) is 0 Å². The van der Waals surface area contributed by atoms with Crippen molar-refractivity contribution in [3.8, 4) is 0 Å². The van der Waals surface area contributed by atoms with Crippen molar-refractivity contribution in [2.45, 2.75) is 10.4 Å². The quantitative estimate of drug-likeness (QED) is 0.578. The Morgan fingerprint density at radius 2 is 1.86 bits per heavy atom. The third-order valence-corrected chi connectivity index (χ3v) is 2.11. The predicted molar refractivity (Wildman–Crippen MR) is 48.2 cm³/mol. The molecule has 0 bridgehead atoms. The van der Waals surface area contributed by atoms with E-state index >= 15 is 0 Å². The van der Waals surface area contributed by atoms with Crippen LogP contribution < -0.4 is 5.46 Å². The Kier molecular flexibility index (Phi) is 3.46. The molecule has 0 aliphatic carbocycles. The second-order valence-corrected chi connectivity index (χ2v) is 3.63. The Labute approximate surface area is 82.9 Å². The molecule has 0 saturated carbocycles. The van der Waals surface area contributed by atoms with E-state index in [2.05, 4.69) is 0 Å². The highest BCUT2D eigenvalue weighted by molar-refractivity contribution is 8.00. The van der Waals surface area contributed by atoms with Crippen LogP contribution in [0.1, 0.15) is 0 Å². The highest BCUT2D eigenvalue weighted by Gasteiger charge is 2.29. The lowest BCUT2D eigenvalue weighted by Crippen LogP contribution is -2.29. The molecule has 1 aromatic rings. The van der Waals surface area contributed by atoms with Crippen LogP contribution in [0.15, 0.2) is 29.2 Å². The molecule has 7 heteroatoms. The van der Waals surface area contributed by atoms with Gasteiger partial charge in [-0.3, -0.25) is 0 Å². The third kappa shape index (κ3) is 3.61. The molecular formula is C7H6BF3O2S. The van der Waals surface area contributed by atoms with Crippen LogP contribution in [0.2, 0.25) is 0 Å². The van der Waals surface area contributed by atoms with E-state index in [0.717, 1.165) is 6.07 Å². The van der Waals surface area contributed by atoms with Gasteiger partial charge in [0, 0.05) is 4.90 Å². The van der Waals surface area contributed by atoms with Gasteiger partial charge in [0.1, 0.15) is 0 Å². The lowest BCUT2D eigenvalue weighted by Gasteiger charge is -2.06. The molecule has 0 fully saturated rings. The summed E-state index contributed by atoms with van der Waals surface area (Å²) in [6, 6.07) is 5.01. The van der Waals surface area contributed by atoms with Crippen LogP contribution in [-0.2, 0) is 0 Å². The summed E-state index contributed by atoms with van der Waals surface area (Å²) in [5.74, 6) is 0. The number of alkyl halides is 3. The molecule has 0 aliphatic heterocycles. The SMILES string of the molecule is OB(O)c1cccc(SC(F)(F)F)c1. The van der Waals surface area contributed by atoms with E-state index in [4.69, 9.17) is 10.0 Å². The first-order valence-corrected chi connectivity index (χ1v) is 4.42. The summed E-state index contributed by atoms with van der Waals surface area (Å²) in [5.41, 5.74) is -4.32. The Hall–Kier alpha value is -0.655. The molecule has 0 heterocycles. The molecule has 2 nitrogen and oxygen atoms in total. The average Bonchev–Trinajstić information content (AvgIpc) is 2.01. The van der Waals surface area contributed by atoms with Crippen LogP contribution in [-0.4, -0.2) is 22.7 Å². The number of rotatable bonds is 2. The minimum atomic E-state index is -4.36. The molecular weight excluding hydrogens is 216 g/mol. The summed E-state index contributed by atoms with van der Waals surface area (Å²) < 4.78 is 35.7. The molecule has 2 N–H and O–H groups in total. The second kappa shape index (κ2) is 4.25. The van der Waals surface area contributed by atoms with Gasteiger partial charge in [0.05, 0.1) is 0 Å². The largest absolute Gasteiger partial charge is 0.488 e. The van der Waals surface area contributed by atoms with Gasteiger partial charge in [-0.1, -0.05) is 12.1 Å². The van der Waals surface area contributed by atoms with Crippen molar-refractivity contribution in [2.24, 2.45) is 0 Å². The topological polar surface area (TPSA) is 40.5 Å². The van der Waals surface area contributed by atoms with E-state index in [1.165, 1.54) is 18.2 Å². The second-order valence-electron chi connectivity index (χ2n) is 2.49. The van der Waals surface area contributed by atoms with Crippen molar-refractivity contribution in [1.29, 1.82) is 0 Å². The first-order chi connectivity index (χ1) is 6.38. The molecule has 0 aromatic heterocycles. The molecule has 0 saturated heterocycles. The van der Waals surface area contributed by atoms with Gasteiger partial charge in [0.25, 0.3) is 0 Å². The van der Waals surface area contributed by atoms with Crippen LogP contribution in [0.4, 0.5) is 13.2 Å². The fourth-order valence-electron chi connectivity index (χ4n) is 0.872. The van der Waals surface area contributed by atoms with E-state index in [1.807, 2.05) is 0 Å². The minimum absolute atomic E-state index is 0.0410. The molecule has 1 rings (SSSR count). The van der Waals surface area contributed by atoms with Gasteiger partial charge in [0.2, 0.25) is 0 Å². The fraction of sp³-hybridized carbons (Fsp3) is 0.143. The Morgan fingerprint density at radius 3 is 2.36 bits per heavy atom. The van der Waals surface area contributed by atoms with E-state index < -0.39 is 12.6 Å². The van der Waals surface area contributed by atoms with E-state index in [9.17, 15) is 13.2 Å². The minimum Gasteiger partial charge on any atom is -0.423 e. The first kappa shape index (κ1) is 11.4. The lowest BCUT2D eigenvalue weighted by molar-refractivity contribution is -0.0328. The van der Waals surface area contributed by atoms with Gasteiger partial charge in [-0.2, -0.15) is 13.2 Å². The Bertz CT molecular complexity index is 316. The Morgan fingerprint density at radius 1 is 1.21 bits per heavy atom. The van der Waals surface area contributed by atoms with Crippen molar-refractivity contribution >= 4 is 24.3 Å². The summed E-state index contributed by atoms with van der Waals surface area (Å²) >= 11 is -0.290. The molecule has 0 radical (unpaired) electrons. The van der Waals surface area contributed by atoms with E-state index in [1.54, 1.807) is 0 Å². The van der Waals surface area contributed by atoms with Crippen LogP contribution in [0.5, 0.6) is 0 Å². The van der Waals surface area contributed by atoms with Crippen LogP contribution in [0.3, 0.4) is 0 Å². The first-order valence-electron chi connectivity index (χ1n) is 3.60. The molecule has 1 aromatic carbocycles. The molecule has 76 valence electrons. The zero-order valence-electron chi connectivity index (χ0n) is 6.82. The summed E-state index contributed by atoms with van der Waals surface area (Å²) in [5, 5.41) is 17.4. The number of hydrogen-bond acceptors (Lipinski definition) is 3. The normalized spacial score (nSPS) is 11.5. The van der Waals surface area contributed by atoms with Crippen molar-refractivity contribution < 1.29 is 23.2 Å². The standard InChI is InChI=1S/C7H6BF3O2S/c9-7(10,11)14-6-3-1-2-5(4-6)8(12)13/h1-4,12-13H. The summed E-state index contributed by atoms with van der Waals surface area (Å²) in [7, 11) is -1.75. The van der Waals surface area contributed by atoms with Gasteiger partial charge in [-0.15, -0.1) is 0 Å². The number of halogens is 3. The highest BCUT2D eigenvalue weighted by Crippen LogP contribution is 2.36. The predicted octanol–water partition coefficient (Wildman–Crippen LogP) is 0.978. The molecule has 0 amide bonds. The molecule has 0 atom stereocenters. The number of hydrogen-bond donors (Lipinski definition) is 2. The van der Waals surface area contributed by atoms with Gasteiger partial charge < -0.3 is 10.0 Å². The van der Waals surface area contributed by atoms with Crippen molar-refractivity contribution in [3.63, 3.8) is 0 Å². The maximum absolute atomic E-state index is 11.9. The van der Waals surface area contributed by atoms with E-state index in [0.29, 0.717) is 0 Å². The van der Waals surface area contributed by atoms with Gasteiger partial charge in [0.15, 0.2) is 0 Å². The van der Waals surface area contributed by atoms with Crippen molar-refractivity contribution in [3.05, 3.63) is 24.3 Å². The number of benzene rings is 1. The van der Waals surface area contributed by atoms with Gasteiger partial charge >= 0.3 is 12.6 Å². The lowest BCUT2D eigenvalue weighted by atomic mass is 9.80. The average molecular weight is 222 g/mol. The maximum atomic E-state index is 11.9. The van der Waals surface area contributed by atoms with E-state index in [-0.39, 0.29) is 22.1 Å². The number of thioether (sulfide) groups is 1. The summed E-state index contributed by atoms with van der Waals surface area (Å²) in [4.78, 5) is -0.0666. The monoisotopic (exact) mass is 222 g/mol. The fourth-order valence-corrected chi connectivity index (χ4v) is 1.48. The van der Waals surface area contributed by atoms with Crippen LogP contribution in [0, 0.1) is 0 Å². The van der Waals surface area contributed by atoms with Crippen molar-refractivity contribution in [2.75, 3.05) is 0 Å². The van der Waals surface area contributed by atoms with Crippen molar-refractivity contribution in [1.82, 2.24) is 0 Å². The summed E-state index contributed by atoms with van der Waals surface area (Å²) in [6.45, 7) is 0. The van der Waals surface area contributed by atoms with Crippen LogP contribution in [0.25, 0.3) is 0 Å². The molecule has 0 spiro atoms. The molecule has 14 heavy (non-hydrogen) atoms. The van der Waals surface area contributed by atoms with Crippen LogP contribution >= 0.6 is 11.8 Å². The Balaban J connectivity index is 2.84. The highest BCUT2D eigenvalue weighted by atomic mass is 32.2. The zero-order valence-corrected chi connectivity index (χ0v) is 7.64.